The van der Waals surface area contributed by atoms with Crippen molar-refractivity contribution >= 4 is 35.1 Å². The predicted octanol–water partition coefficient (Wildman–Crippen LogP) is 5.06. The fraction of sp³-hybridized carbons (Fsp3) is 0.0909. The van der Waals surface area contributed by atoms with E-state index < -0.39 is 5.82 Å². The summed E-state index contributed by atoms with van der Waals surface area (Å²) in [6.45, 7) is 0.617. The van der Waals surface area contributed by atoms with Crippen molar-refractivity contribution in [3.05, 3.63) is 100 Å². The number of para-hydroxylation sites is 1. The van der Waals surface area contributed by atoms with Crippen LogP contribution in [0, 0.1) is 5.82 Å². The van der Waals surface area contributed by atoms with Crippen LogP contribution in [0.3, 0.4) is 0 Å². The van der Waals surface area contributed by atoms with Crippen LogP contribution in [0.15, 0.2) is 77.9 Å². The van der Waals surface area contributed by atoms with Gasteiger partial charge in [0.2, 0.25) is 0 Å². The van der Waals surface area contributed by atoms with Crippen molar-refractivity contribution in [1.82, 2.24) is 10.7 Å². The van der Waals surface area contributed by atoms with Gasteiger partial charge in [0.1, 0.15) is 18.2 Å². The van der Waals surface area contributed by atoms with Crippen molar-refractivity contribution < 1.29 is 9.13 Å². The maximum absolute atomic E-state index is 13.9. The largest absolute Gasteiger partial charge is 0.488 e. The van der Waals surface area contributed by atoms with Crippen LogP contribution in [0.4, 0.5) is 4.39 Å². The average molecular weight is 428 g/mol. The minimum absolute atomic E-state index is 0.0147. The molecule has 0 spiro atoms. The van der Waals surface area contributed by atoms with E-state index in [2.05, 4.69) is 15.8 Å². The summed E-state index contributed by atoms with van der Waals surface area (Å²) in [5.41, 5.74) is 4.92. The van der Waals surface area contributed by atoms with Gasteiger partial charge in [0, 0.05) is 17.7 Å². The first kappa shape index (κ1) is 20.8. The van der Waals surface area contributed by atoms with Gasteiger partial charge in [-0.2, -0.15) is 5.10 Å². The van der Waals surface area contributed by atoms with Gasteiger partial charge < -0.3 is 10.1 Å². The number of hydrazone groups is 1. The first-order valence-corrected chi connectivity index (χ1v) is 9.67. The van der Waals surface area contributed by atoms with Crippen molar-refractivity contribution in [3.63, 3.8) is 0 Å². The van der Waals surface area contributed by atoms with Crippen molar-refractivity contribution in [2.24, 2.45) is 5.10 Å². The van der Waals surface area contributed by atoms with Crippen LogP contribution in [-0.4, -0.2) is 11.3 Å². The molecular weight excluding hydrogens is 409 g/mol. The molecule has 4 nitrogen and oxygen atoms in total. The third-order valence-corrected chi connectivity index (χ3v) is 4.61. The molecule has 0 amide bonds. The van der Waals surface area contributed by atoms with E-state index in [0.29, 0.717) is 28.0 Å². The smallest absolute Gasteiger partial charge is 0.187 e. The Hall–Kier alpha value is -2.96. The Bertz CT molecular complexity index is 978. The molecule has 3 aromatic rings. The van der Waals surface area contributed by atoms with Gasteiger partial charge in [-0.25, -0.2) is 4.39 Å². The maximum Gasteiger partial charge on any atom is 0.187 e. The minimum Gasteiger partial charge on any atom is -0.488 e. The molecule has 3 aromatic carbocycles. The number of ether oxygens (including phenoxy) is 1. The zero-order valence-electron chi connectivity index (χ0n) is 15.4. The third-order valence-electron chi connectivity index (χ3n) is 4.02. The Morgan fingerprint density at radius 3 is 2.59 bits per heavy atom. The lowest BCUT2D eigenvalue weighted by Crippen LogP contribution is -2.31. The zero-order valence-corrected chi connectivity index (χ0v) is 17.0. The van der Waals surface area contributed by atoms with Gasteiger partial charge in [-0.05, 0) is 42.0 Å². The molecule has 0 aromatic heterocycles. The van der Waals surface area contributed by atoms with Crippen LogP contribution in [0.25, 0.3) is 0 Å². The van der Waals surface area contributed by atoms with E-state index >= 15 is 0 Å². The van der Waals surface area contributed by atoms with Gasteiger partial charge >= 0.3 is 0 Å². The molecule has 0 saturated heterocycles. The minimum atomic E-state index is -0.403. The number of hydrogen-bond acceptors (Lipinski definition) is 3. The topological polar surface area (TPSA) is 45.6 Å². The van der Waals surface area contributed by atoms with Gasteiger partial charge in [0.05, 0.1) is 11.2 Å². The Labute approximate surface area is 179 Å². The highest BCUT2D eigenvalue weighted by molar-refractivity contribution is 7.80. The van der Waals surface area contributed by atoms with Gasteiger partial charge in [-0.3, -0.25) is 5.43 Å². The summed E-state index contributed by atoms with van der Waals surface area (Å²) in [7, 11) is 0. The molecule has 0 aliphatic heterocycles. The standard InChI is InChI=1S/C22H19ClFN3OS/c23-19-10-6-11-20(24)18(19)15-28-21-12-5-4-9-17(21)14-26-27-22(29)25-13-16-7-2-1-3-8-16/h1-12,14H,13,15H2,(H2,25,27,29)/b26-14+. The highest BCUT2D eigenvalue weighted by atomic mass is 35.5. The molecule has 7 heteroatoms. The normalized spacial score (nSPS) is 10.7. The van der Waals surface area contributed by atoms with E-state index in [0.717, 1.165) is 11.1 Å². The predicted molar refractivity (Wildman–Crippen MR) is 119 cm³/mol. The van der Waals surface area contributed by atoms with E-state index in [4.69, 9.17) is 28.6 Å². The molecule has 0 aliphatic rings. The second kappa shape index (κ2) is 10.5. The van der Waals surface area contributed by atoms with Crippen molar-refractivity contribution in [2.75, 3.05) is 0 Å². The molecule has 0 aliphatic carbocycles. The van der Waals surface area contributed by atoms with Gasteiger partial charge in [-0.15, -0.1) is 0 Å². The molecule has 3 rings (SSSR count). The number of benzene rings is 3. The van der Waals surface area contributed by atoms with Gasteiger partial charge in [-0.1, -0.05) is 60.1 Å². The van der Waals surface area contributed by atoms with E-state index in [1.165, 1.54) is 6.07 Å². The molecule has 0 atom stereocenters. The summed E-state index contributed by atoms with van der Waals surface area (Å²) in [4.78, 5) is 0. The Morgan fingerprint density at radius 2 is 1.79 bits per heavy atom. The molecule has 0 unspecified atom stereocenters. The Balaban J connectivity index is 1.56. The molecule has 0 radical (unpaired) electrons. The molecule has 0 saturated carbocycles. The van der Waals surface area contributed by atoms with Crippen LogP contribution < -0.4 is 15.5 Å². The number of halogens is 2. The van der Waals surface area contributed by atoms with E-state index in [-0.39, 0.29) is 6.61 Å². The molecule has 148 valence electrons. The molecule has 2 N–H and O–H groups in total. The first-order chi connectivity index (χ1) is 14.1. The monoisotopic (exact) mass is 427 g/mol. The fourth-order valence-electron chi connectivity index (χ4n) is 2.52. The second-order valence-corrected chi connectivity index (χ2v) is 6.88. The van der Waals surface area contributed by atoms with Crippen molar-refractivity contribution in [1.29, 1.82) is 0 Å². The van der Waals surface area contributed by atoms with Crippen LogP contribution in [0.2, 0.25) is 5.02 Å². The van der Waals surface area contributed by atoms with E-state index in [1.54, 1.807) is 24.4 Å². The Morgan fingerprint density at radius 1 is 1.03 bits per heavy atom. The number of nitrogens with one attached hydrogen (secondary N) is 2. The number of thiocarbonyl (C=S) groups is 1. The summed E-state index contributed by atoms with van der Waals surface area (Å²) in [5, 5.41) is 7.95. The lowest BCUT2D eigenvalue weighted by atomic mass is 10.2. The molecular formula is C22H19ClFN3OS. The summed E-state index contributed by atoms with van der Waals surface area (Å²) in [6, 6.07) is 21.8. The number of rotatable bonds is 7. The van der Waals surface area contributed by atoms with E-state index in [1.807, 2.05) is 48.5 Å². The molecule has 0 bridgehead atoms. The summed E-state index contributed by atoms with van der Waals surface area (Å²) in [5.74, 6) is 0.153. The average Bonchev–Trinajstić information content (AvgIpc) is 2.73. The Kier molecular flexibility index (Phi) is 7.55. The van der Waals surface area contributed by atoms with Gasteiger partial charge in [0.25, 0.3) is 0 Å². The number of hydrogen-bond donors (Lipinski definition) is 2. The maximum atomic E-state index is 13.9. The highest BCUT2D eigenvalue weighted by Gasteiger charge is 2.09. The summed E-state index contributed by atoms with van der Waals surface area (Å²) in [6.07, 6.45) is 1.59. The van der Waals surface area contributed by atoms with Crippen LogP contribution in [0.1, 0.15) is 16.7 Å². The molecule has 29 heavy (non-hydrogen) atoms. The zero-order chi connectivity index (χ0) is 20.5. The summed E-state index contributed by atoms with van der Waals surface area (Å²) >= 11 is 11.3. The lowest BCUT2D eigenvalue weighted by molar-refractivity contribution is 0.299. The number of nitrogens with zero attached hydrogens (tertiary/aromatic N) is 1. The molecule has 0 heterocycles. The van der Waals surface area contributed by atoms with Crippen LogP contribution >= 0.6 is 23.8 Å². The lowest BCUT2D eigenvalue weighted by Gasteiger charge is -2.11. The first-order valence-electron chi connectivity index (χ1n) is 8.89. The van der Waals surface area contributed by atoms with Crippen LogP contribution in [0.5, 0.6) is 5.75 Å². The highest BCUT2D eigenvalue weighted by Crippen LogP contribution is 2.23. The third kappa shape index (κ3) is 6.27. The SMILES string of the molecule is Fc1cccc(Cl)c1COc1ccccc1/C=N/NC(=S)NCc1ccccc1. The molecule has 0 fully saturated rings. The summed E-state index contributed by atoms with van der Waals surface area (Å²) < 4.78 is 19.7. The second-order valence-electron chi connectivity index (χ2n) is 6.06. The van der Waals surface area contributed by atoms with Crippen LogP contribution in [-0.2, 0) is 13.2 Å². The van der Waals surface area contributed by atoms with E-state index in [9.17, 15) is 4.39 Å². The van der Waals surface area contributed by atoms with Gasteiger partial charge in [0.15, 0.2) is 5.11 Å². The van der Waals surface area contributed by atoms with Crippen molar-refractivity contribution in [3.8, 4) is 5.75 Å². The quantitative estimate of drug-likeness (QED) is 0.314. The fourth-order valence-corrected chi connectivity index (χ4v) is 2.86. The van der Waals surface area contributed by atoms with Crippen molar-refractivity contribution in [2.45, 2.75) is 13.2 Å².